The highest BCUT2D eigenvalue weighted by molar-refractivity contribution is 9.10. The quantitative estimate of drug-likeness (QED) is 0.563. The maximum absolute atomic E-state index is 12.6. The number of hydrogen-bond donors (Lipinski definition) is 1. The fourth-order valence-electron chi connectivity index (χ4n) is 1.94. The monoisotopic (exact) mass is 420 g/mol. The summed E-state index contributed by atoms with van der Waals surface area (Å²) in [6.07, 6.45) is 0. The molecule has 0 saturated carbocycles. The molecule has 6 nitrogen and oxygen atoms in total. The van der Waals surface area contributed by atoms with Gasteiger partial charge in [0.15, 0.2) is 0 Å². The SMILES string of the molecule is O=[N+]([O-])c1cc(S(=O)(=O)C(F)F)ccc1NCc1cccc(Br)c1. The molecule has 0 saturated heterocycles. The van der Waals surface area contributed by atoms with Crippen LogP contribution in [0.3, 0.4) is 0 Å². The molecule has 128 valence electrons. The van der Waals surface area contributed by atoms with E-state index >= 15 is 0 Å². The Morgan fingerprint density at radius 3 is 2.50 bits per heavy atom. The molecule has 2 aromatic rings. The Morgan fingerprint density at radius 1 is 1.21 bits per heavy atom. The molecule has 0 amide bonds. The predicted molar refractivity (Wildman–Crippen MR) is 87.8 cm³/mol. The van der Waals surface area contributed by atoms with Gasteiger partial charge >= 0.3 is 5.76 Å². The third-order valence-electron chi connectivity index (χ3n) is 3.10. The van der Waals surface area contributed by atoms with Crippen molar-refractivity contribution in [2.45, 2.75) is 17.2 Å². The van der Waals surface area contributed by atoms with Crippen molar-refractivity contribution in [3.05, 3.63) is 62.6 Å². The number of alkyl halides is 2. The maximum atomic E-state index is 12.6. The summed E-state index contributed by atoms with van der Waals surface area (Å²) in [7, 11) is -4.89. The lowest BCUT2D eigenvalue weighted by Crippen LogP contribution is -2.12. The molecule has 0 aliphatic carbocycles. The van der Waals surface area contributed by atoms with E-state index in [4.69, 9.17) is 0 Å². The van der Waals surface area contributed by atoms with Gasteiger partial charge in [-0.1, -0.05) is 28.1 Å². The van der Waals surface area contributed by atoms with Crippen LogP contribution in [-0.4, -0.2) is 19.1 Å². The largest absolute Gasteiger partial charge is 0.375 e. The highest BCUT2D eigenvalue weighted by Crippen LogP contribution is 2.30. The van der Waals surface area contributed by atoms with Crippen molar-refractivity contribution in [3.8, 4) is 0 Å². The van der Waals surface area contributed by atoms with Crippen LogP contribution < -0.4 is 5.32 Å². The number of nitrogens with zero attached hydrogens (tertiary/aromatic N) is 1. The summed E-state index contributed by atoms with van der Waals surface area (Å²) in [5.74, 6) is -3.64. The van der Waals surface area contributed by atoms with Gasteiger partial charge in [-0.2, -0.15) is 8.78 Å². The Labute approximate surface area is 144 Å². The van der Waals surface area contributed by atoms with Gasteiger partial charge in [0.2, 0.25) is 9.84 Å². The number of anilines is 1. The van der Waals surface area contributed by atoms with Crippen LogP contribution in [0.2, 0.25) is 0 Å². The molecule has 0 fully saturated rings. The first-order valence-corrected chi connectivity index (χ1v) is 8.84. The number of halogens is 3. The Morgan fingerprint density at radius 2 is 1.92 bits per heavy atom. The lowest BCUT2D eigenvalue weighted by molar-refractivity contribution is -0.384. The molecule has 0 atom stereocenters. The van der Waals surface area contributed by atoms with Crippen molar-refractivity contribution in [1.29, 1.82) is 0 Å². The van der Waals surface area contributed by atoms with Gasteiger partial charge < -0.3 is 5.32 Å². The van der Waals surface area contributed by atoms with E-state index in [1.807, 2.05) is 6.07 Å². The van der Waals surface area contributed by atoms with Crippen molar-refractivity contribution in [2.75, 3.05) is 5.32 Å². The normalized spacial score (nSPS) is 11.5. The summed E-state index contributed by atoms with van der Waals surface area (Å²) >= 11 is 3.30. The fourth-order valence-corrected chi connectivity index (χ4v) is 3.12. The molecule has 2 aromatic carbocycles. The van der Waals surface area contributed by atoms with Gasteiger partial charge in [0.05, 0.1) is 9.82 Å². The molecule has 2 rings (SSSR count). The van der Waals surface area contributed by atoms with Gasteiger partial charge in [-0.05, 0) is 29.8 Å². The van der Waals surface area contributed by atoms with Crippen LogP contribution >= 0.6 is 15.9 Å². The molecule has 0 radical (unpaired) electrons. The van der Waals surface area contributed by atoms with Gasteiger partial charge in [-0.15, -0.1) is 0 Å². The number of nitro groups is 1. The average molecular weight is 421 g/mol. The van der Waals surface area contributed by atoms with Crippen LogP contribution in [0.25, 0.3) is 0 Å². The van der Waals surface area contributed by atoms with Crippen LogP contribution in [0.1, 0.15) is 5.56 Å². The zero-order valence-electron chi connectivity index (χ0n) is 11.9. The van der Waals surface area contributed by atoms with Crippen LogP contribution in [0, 0.1) is 10.1 Å². The molecule has 0 aromatic heterocycles. The van der Waals surface area contributed by atoms with Crippen LogP contribution in [0.4, 0.5) is 20.2 Å². The minimum absolute atomic E-state index is 0.0354. The molecule has 0 spiro atoms. The molecule has 24 heavy (non-hydrogen) atoms. The minimum Gasteiger partial charge on any atom is -0.375 e. The fraction of sp³-hybridized carbons (Fsp3) is 0.143. The molecule has 10 heteroatoms. The van der Waals surface area contributed by atoms with Gasteiger partial charge in [-0.3, -0.25) is 10.1 Å². The predicted octanol–water partition coefficient (Wildman–Crippen LogP) is 3.97. The summed E-state index contributed by atoms with van der Waals surface area (Å²) < 4.78 is 48.8. The topological polar surface area (TPSA) is 89.3 Å². The molecule has 0 unspecified atom stereocenters. The molecule has 0 aliphatic rings. The minimum atomic E-state index is -4.89. The summed E-state index contributed by atoms with van der Waals surface area (Å²) in [6.45, 7) is 0.237. The first kappa shape index (κ1) is 18.3. The van der Waals surface area contributed by atoms with E-state index in [1.165, 1.54) is 0 Å². The zero-order valence-corrected chi connectivity index (χ0v) is 14.4. The molecule has 0 heterocycles. The van der Waals surface area contributed by atoms with Gasteiger partial charge in [0.1, 0.15) is 5.69 Å². The second-order valence-electron chi connectivity index (χ2n) is 4.73. The maximum Gasteiger partial charge on any atom is 0.341 e. The Kier molecular flexibility index (Phi) is 5.50. The average Bonchev–Trinajstić information content (AvgIpc) is 2.52. The third kappa shape index (κ3) is 4.06. The number of sulfone groups is 1. The molecule has 0 aliphatic heterocycles. The van der Waals surface area contributed by atoms with E-state index in [-0.39, 0.29) is 12.2 Å². The van der Waals surface area contributed by atoms with Crippen molar-refractivity contribution in [1.82, 2.24) is 0 Å². The number of benzene rings is 2. The zero-order chi connectivity index (χ0) is 17.9. The van der Waals surface area contributed by atoms with Crippen molar-refractivity contribution < 1.29 is 22.1 Å². The van der Waals surface area contributed by atoms with E-state index in [2.05, 4.69) is 21.2 Å². The standard InChI is InChI=1S/C14H11BrF2N2O4S/c15-10-3-1-2-9(6-10)8-18-12-5-4-11(7-13(12)19(20)21)24(22,23)14(16)17/h1-7,14,18H,8H2. The first-order chi connectivity index (χ1) is 11.2. The number of nitro benzene ring substituents is 1. The highest BCUT2D eigenvalue weighted by Gasteiger charge is 2.29. The summed E-state index contributed by atoms with van der Waals surface area (Å²) in [5, 5.41) is 13.9. The Balaban J connectivity index is 2.32. The van der Waals surface area contributed by atoms with Crippen molar-refractivity contribution >= 4 is 37.1 Å². The second kappa shape index (κ2) is 7.22. The van der Waals surface area contributed by atoms with E-state index in [0.29, 0.717) is 6.07 Å². The summed E-state index contributed by atoms with van der Waals surface area (Å²) in [5.41, 5.74) is 0.267. The van der Waals surface area contributed by atoms with Crippen LogP contribution in [0.5, 0.6) is 0 Å². The van der Waals surface area contributed by atoms with E-state index in [9.17, 15) is 27.3 Å². The Hall–Kier alpha value is -2.07. The number of rotatable bonds is 6. The number of hydrogen-bond acceptors (Lipinski definition) is 5. The number of nitrogens with one attached hydrogen (secondary N) is 1. The molecular formula is C14H11BrF2N2O4S. The van der Waals surface area contributed by atoms with E-state index < -0.39 is 31.1 Å². The van der Waals surface area contributed by atoms with Gasteiger partial charge in [-0.25, -0.2) is 8.42 Å². The lowest BCUT2D eigenvalue weighted by Gasteiger charge is -2.09. The smallest absolute Gasteiger partial charge is 0.341 e. The van der Waals surface area contributed by atoms with Gasteiger partial charge in [0.25, 0.3) is 5.69 Å². The van der Waals surface area contributed by atoms with Crippen LogP contribution in [-0.2, 0) is 16.4 Å². The first-order valence-electron chi connectivity index (χ1n) is 6.50. The summed E-state index contributed by atoms with van der Waals surface area (Å²) in [6, 6.07) is 9.84. The summed E-state index contributed by atoms with van der Waals surface area (Å²) in [4.78, 5) is 9.49. The second-order valence-corrected chi connectivity index (χ2v) is 7.56. The highest BCUT2D eigenvalue weighted by atomic mass is 79.9. The van der Waals surface area contributed by atoms with Crippen molar-refractivity contribution in [3.63, 3.8) is 0 Å². The lowest BCUT2D eigenvalue weighted by atomic mass is 10.2. The van der Waals surface area contributed by atoms with Gasteiger partial charge in [0, 0.05) is 17.1 Å². The molecular weight excluding hydrogens is 410 g/mol. The van der Waals surface area contributed by atoms with Crippen molar-refractivity contribution in [2.24, 2.45) is 0 Å². The molecule has 0 bridgehead atoms. The Bertz CT molecular complexity index is 875. The molecule has 1 N–H and O–H groups in total. The van der Waals surface area contributed by atoms with E-state index in [0.717, 1.165) is 22.2 Å². The van der Waals surface area contributed by atoms with Crippen LogP contribution in [0.15, 0.2) is 51.8 Å². The van der Waals surface area contributed by atoms with E-state index in [1.54, 1.807) is 18.2 Å². The third-order valence-corrected chi connectivity index (χ3v) is 4.97.